The quantitative estimate of drug-likeness (QED) is 0.0375. The molecule has 0 aliphatic heterocycles. The van der Waals surface area contributed by atoms with Gasteiger partial charge in [-0.3, -0.25) is 9.59 Å². The summed E-state index contributed by atoms with van der Waals surface area (Å²) in [6.45, 7) is 3.97. The molecule has 0 spiro atoms. The summed E-state index contributed by atoms with van der Waals surface area (Å²) in [6.07, 6.45) is 69.5. The fourth-order valence-electron chi connectivity index (χ4n) is 7.69. The van der Waals surface area contributed by atoms with E-state index < -0.39 is 12.1 Å². The summed E-state index contributed by atoms with van der Waals surface area (Å²) in [4.78, 5) is 24.3. The summed E-state index contributed by atoms with van der Waals surface area (Å²) in [7, 11) is 0. The number of carbonyl (C=O) groups is 2. The molecule has 0 saturated carbocycles. The van der Waals surface area contributed by atoms with E-state index in [1.165, 1.54) is 186 Å². The van der Waals surface area contributed by atoms with Gasteiger partial charge >= 0.3 is 11.9 Å². The molecule has 61 heavy (non-hydrogen) atoms. The standard InChI is InChI=1S/C56H100O5/c1-3-5-7-9-11-13-15-17-19-20-21-22-23-24-25-26-27-28-29-30-31-32-33-34-35-37-38-40-42-44-46-48-50-55(58)60-53-54(52-57)61-56(59)51-49-47-45-43-41-39-36-18-16-14-12-10-8-6-4-2/h6,8,12,14,18,36,41,43,47,49,54,57H,3-5,7,9-11,13,15-17,19-35,37-40,42,44-46,48,50-53H2,1-2H3/b8-6-,14-12-,36-18-,43-41-,49-47-. The van der Waals surface area contributed by atoms with Gasteiger partial charge in [0.05, 0.1) is 13.0 Å². The van der Waals surface area contributed by atoms with Crippen LogP contribution >= 0.6 is 0 Å². The molecule has 354 valence electrons. The highest BCUT2D eigenvalue weighted by atomic mass is 16.6. The number of aliphatic hydroxyl groups excluding tert-OH is 1. The summed E-state index contributed by atoms with van der Waals surface area (Å²) in [6, 6.07) is 0. The molecule has 0 bridgehead atoms. The number of unbranched alkanes of at least 4 members (excludes halogenated alkanes) is 31. The molecule has 0 aromatic heterocycles. The molecule has 0 amide bonds. The van der Waals surface area contributed by atoms with Crippen molar-refractivity contribution in [1.82, 2.24) is 0 Å². The lowest BCUT2D eigenvalue weighted by Gasteiger charge is -2.15. The highest BCUT2D eigenvalue weighted by Crippen LogP contribution is 2.17. The molecule has 0 saturated heterocycles. The van der Waals surface area contributed by atoms with Crippen LogP contribution in [0.2, 0.25) is 0 Å². The van der Waals surface area contributed by atoms with Gasteiger partial charge in [0, 0.05) is 6.42 Å². The summed E-state index contributed by atoms with van der Waals surface area (Å²) in [5, 5.41) is 9.58. The molecule has 0 aliphatic carbocycles. The van der Waals surface area contributed by atoms with Gasteiger partial charge in [-0.05, 0) is 38.5 Å². The van der Waals surface area contributed by atoms with E-state index in [1.807, 2.05) is 6.08 Å². The Kier molecular flexibility index (Phi) is 49.9. The highest BCUT2D eigenvalue weighted by molar-refractivity contribution is 5.71. The maximum atomic E-state index is 12.2. The molecule has 0 aromatic carbocycles. The molecule has 1 unspecified atom stereocenters. The Morgan fingerprint density at radius 1 is 0.393 bits per heavy atom. The van der Waals surface area contributed by atoms with Crippen LogP contribution < -0.4 is 0 Å². The van der Waals surface area contributed by atoms with Gasteiger partial charge in [0.15, 0.2) is 6.10 Å². The Bertz CT molecular complexity index is 1060. The zero-order chi connectivity index (χ0) is 44.2. The van der Waals surface area contributed by atoms with Crippen molar-refractivity contribution in [3.05, 3.63) is 60.8 Å². The maximum Gasteiger partial charge on any atom is 0.310 e. The molecule has 1 N–H and O–H groups in total. The average Bonchev–Trinajstić information content (AvgIpc) is 3.26. The van der Waals surface area contributed by atoms with E-state index in [4.69, 9.17) is 9.47 Å². The van der Waals surface area contributed by atoms with Crippen molar-refractivity contribution >= 4 is 11.9 Å². The van der Waals surface area contributed by atoms with Crippen molar-refractivity contribution in [3.63, 3.8) is 0 Å². The van der Waals surface area contributed by atoms with Crippen LogP contribution in [0.25, 0.3) is 0 Å². The molecule has 0 radical (unpaired) electrons. The van der Waals surface area contributed by atoms with Crippen LogP contribution in [0.4, 0.5) is 0 Å². The smallest absolute Gasteiger partial charge is 0.310 e. The fourth-order valence-corrected chi connectivity index (χ4v) is 7.69. The Morgan fingerprint density at radius 3 is 1.00 bits per heavy atom. The van der Waals surface area contributed by atoms with Crippen LogP contribution in [0.3, 0.4) is 0 Å². The number of hydrogen-bond donors (Lipinski definition) is 1. The van der Waals surface area contributed by atoms with Gasteiger partial charge in [-0.25, -0.2) is 0 Å². The lowest BCUT2D eigenvalue weighted by atomic mass is 10.0. The Balaban J connectivity index is 3.46. The third kappa shape index (κ3) is 50.1. The molecule has 0 rings (SSSR count). The second kappa shape index (κ2) is 51.9. The Hall–Kier alpha value is -2.40. The Labute approximate surface area is 379 Å². The number of aliphatic hydroxyl groups is 1. The number of ether oxygens (including phenoxy) is 2. The van der Waals surface area contributed by atoms with E-state index in [1.54, 1.807) is 6.08 Å². The molecule has 0 heterocycles. The largest absolute Gasteiger partial charge is 0.462 e. The van der Waals surface area contributed by atoms with Crippen LogP contribution in [0.15, 0.2) is 60.8 Å². The van der Waals surface area contributed by atoms with Crippen molar-refractivity contribution in [3.8, 4) is 0 Å². The van der Waals surface area contributed by atoms with Gasteiger partial charge in [-0.1, -0.05) is 274 Å². The lowest BCUT2D eigenvalue weighted by Crippen LogP contribution is -2.28. The van der Waals surface area contributed by atoms with Crippen molar-refractivity contribution in [2.45, 2.75) is 270 Å². The first-order chi connectivity index (χ1) is 30.1. The van der Waals surface area contributed by atoms with Crippen LogP contribution in [0, 0.1) is 0 Å². The second-order valence-electron chi connectivity index (χ2n) is 17.6. The molecule has 5 heteroatoms. The van der Waals surface area contributed by atoms with Crippen molar-refractivity contribution < 1.29 is 24.2 Å². The normalized spacial score (nSPS) is 12.6. The summed E-state index contributed by atoms with van der Waals surface area (Å²) >= 11 is 0. The minimum Gasteiger partial charge on any atom is -0.462 e. The van der Waals surface area contributed by atoms with Crippen molar-refractivity contribution in [2.24, 2.45) is 0 Å². The third-order valence-corrected chi connectivity index (χ3v) is 11.6. The topological polar surface area (TPSA) is 72.8 Å². The zero-order valence-electron chi connectivity index (χ0n) is 40.4. The monoisotopic (exact) mass is 853 g/mol. The second-order valence-corrected chi connectivity index (χ2v) is 17.6. The zero-order valence-corrected chi connectivity index (χ0v) is 40.4. The van der Waals surface area contributed by atoms with Crippen LogP contribution in [0.1, 0.15) is 264 Å². The molecule has 0 fully saturated rings. The first kappa shape index (κ1) is 58.6. The van der Waals surface area contributed by atoms with Crippen LogP contribution in [-0.4, -0.2) is 36.4 Å². The van der Waals surface area contributed by atoms with Gasteiger partial charge in [0.1, 0.15) is 6.61 Å². The maximum absolute atomic E-state index is 12.2. The molecule has 1 atom stereocenters. The summed E-state index contributed by atoms with van der Waals surface area (Å²) in [5.41, 5.74) is 0. The van der Waals surface area contributed by atoms with E-state index in [0.29, 0.717) is 6.42 Å². The van der Waals surface area contributed by atoms with E-state index in [-0.39, 0.29) is 25.6 Å². The van der Waals surface area contributed by atoms with Crippen LogP contribution in [-0.2, 0) is 19.1 Å². The first-order valence-electron chi connectivity index (χ1n) is 26.3. The molecule has 5 nitrogen and oxygen atoms in total. The fraction of sp³-hybridized carbons (Fsp3) is 0.786. The van der Waals surface area contributed by atoms with Gasteiger partial charge in [0.25, 0.3) is 0 Å². The predicted molar refractivity (Wildman–Crippen MR) is 265 cm³/mol. The molecular formula is C56H100O5. The van der Waals surface area contributed by atoms with Crippen LogP contribution in [0.5, 0.6) is 0 Å². The van der Waals surface area contributed by atoms with Gasteiger partial charge < -0.3 is 14.6 Å². The number of carbonyl (C=O) groups excluding carboxylic acids is 2. The Morgan fingerprint density at radius 2 is 0.689 bits per heavy atom. The summed E-state index contributed by atoms with van der Waals surface area (Å²) in [5.74, 6) is -0.731. The number of esters is 2. The molecule has 0 aromatic rings. The predicted octanol–water partition coefficient (Wildman–Crippen LogP) is 17.5. The number of hydrogen-bond acceptors (Lipinski definition) is 5. The van der Waals surface area contributed by atoms with E-state index in [2.05, 4.69) is 62.5 Å². The lowest BCUT2D eigenvalue weighted by molar-refractivity contribution is -0.160. The average molecular weight is 853 g/mol. The number of allylic oxidation sites excluding steroid dienone is 9. The number of rotatable bonds is 48. The molecule has 0 aliphatic rings. The van der Waals surface area contributed by atoms with Crippen molar-refractivity contribution in [1.29, 1.82) is 0 Å². The first-order valence-corrected chi connectivity index (χ1v) is 26.3. The summed E-state index contributed by atoms with van der Waals surface area (Å²) < 4.78 is 10.6. The van der Waals surface area contributed by atoms with E-state index >= 15 is 0 Å². The van der Waals surface area contributed by atoms with E-state index in [0.717, 1.165) is 51.4 Å². The van der Waals surface area contributed by atoms with Gasteiger partial charge in [-0.15, -0.1) is 0 Å². The highest BCUT2D eigenvalue weighted by Gasteiger charge is 2.15. The molecular weight excluding hydrogens is 753 g/mol. The minimum atomic E-state index is -0.826. The van der Waals surface area contributed by atoms with Crippen molar-refractivity contribution in [2.75, 3.05) is 13.2 Å². The van der Waals surface area contributed by atoms with Gasteiger partial charge in [-0.2, -0.15) is 0 Å². The van der Waals surface area contributed by atoms with E-state index in [9.17, 15) is 14.7 Å². The van der Waals surface area contributed by atoms with Gasteiger partial charge in [0.2, 0.25) is 0 Å². The SMILES string of the molecule is CC/C=C\C/C=C\C/C=C\C/C=C\C/C=C\CC(=O)OC(CO)COC(=O)CCCCCCCCCCCCCCCCCCCCCCCCCCCCCCCCCC. The third-order valence-electron chi connectivity index (χ3n) is 11.6. The minimum absolute atomic E-state index is 0.105.